The van der Waals surface area contributed by atoms with Crippen molar-refractivity contribution in [2.45, 2.75) is 58.8 Å². The highest BCUT2D eigenvalue weighted by Crippen LogP contribution is 2.35. The number of halogens is 1. The van der Waals surface area contributed by atoms with Crippen LogP contribution in [0.15, 0.2) is 78.4 Å². The average Bonchev–Trinajstić information content (AvgIpc) is 3.72. The topological polar surface area (TPSA) is 38.3 Å². The lowest BCUT2D eigenvalue weighted by molar-refractivity contribution is -0.114. The number of aryl methyl sites for hydroxylation is 2. The van der Waals surface area contributed by atoms with Crippen molar-refractivity contribution in [3.8, 4) is 0 Å². The lowest BCUT2D eigenvalue weighted by Crippen LogP contribution is -2.13. The van der Waals surface area contributed by atoms with Gasteiger partial charge in [-0.15, -0.1) is 11.8 Å². The Hall–Kier alpha value is -2.89. The van der Waals surface area contributed by atoms with E-state index in [0.717, 1.165) is 17.7 Å². The molecule has 4 rings (SSSR count). The fourth-order valence-electron chi connectivity index (χ4n) is 3.73. The van der Waals surface area contributed by atoms with Gasteiger partial charge >= 0.3 is 0 Å². The van der Waals surface area contributed by atoms with Crippen molar-refractivity contribution in [2.24, 2.45) is 0 Å². The van der Waals surface area contributed by atoms with Crippen LogP contribution in [-0.4, -0.2) is 11.5 Å². The lowest BCUT2D eigenvalue weighted by atomic mass is 10.0. The number of hydrogen-bond acceptors (Lipinski definition) is 4. The Morgan fingerprint density at radius 1 is 1.06 bits per heavy atom. The zero-order valence-electron chi connectivity index (χ0n) is 21.6. The van der Waals surface area contributed by atoms with E-state index in [1.807, 2.05) is 25.1 Å². The summed E-state index contributed by atoms with van der Waals surface area (Å²) in [6.45, 7) is 8.54. The molecule has 0 saturated heterocycles. The molecule has 0 aromatic heterocycles. The third kappa shape index (κ3) is 8.96. The molecule has 0 heterocycles. The van der Waals surface area contributed by atoms with E-state index in [9.17, 15) is 9.18 Å². The van der Waals surface area contributed by atoms with Crippen LogP contribution in [0.3, 0.4) is 0 Å². The normalized spacial score (nSPS) is 12.9. The molecule has 3 aromatic carbocycles. The van der Waals surface area contributed by atoms with Crippen LogP contribution in [0.1, 0.15) is 66.7 Å². The third-order valence-electron chi connectivity index (χ3n) is 6.00. The molecule has 0 amide bonds. The van der Waals surface area contributed by atoms with E-state index in [1.54, 1.807) is 30.8 Å². The van der Waals surface area contributed by atoms with E-state index in [0.29, 0.717) is 12.4 Å². The predicted octanol–water partition coefficient (Wildman–Crippen LogP) is 7.99. The molecule has 1 fully saturated rings. The van der Waals surface area contributed by atoms with Gasteiger partial charge in [0.2, 0.25) is 0 Å². The van der Waals surface area contributed by atoms with E-state index in [2.05, 4.69) is 49.7 Å². The second-order valence-electron chi connectivity index (χ2n) is 9.06. The summed E-state index contributed by atoms with van der Waals surface area (Å²) in [4.78, 5) is 16.5. The molecule has 0 aliphatic heterocycles. The maximum atomic E-state index is 12.6. The van der Waals surface area contributed by atoms with Crippen LogP contribution in [0, 0.1) is 12.7 Å². The van der Waals surface area contributed by atoms with Gasteiger partial charge in [0.05, 0.1) is 18.1 Å². The number of allylic oxidation sites excluding steroid dienone is 1. The third-order valence-corrected chi connectivity index (χ3v) is 7.34. The van der Waals surface area contributed by atoms with E-state index in [-0.39, 0.29) is 16.9 Å². The number of thioether (sulfide) groups is 1. The Balaban J connectivity index is 0.000000223. The molecule has 1 N–H and O–H groups in total. The summed E-state index contributed by atoms with van der Waals surface area (Å²) in [6.07, 6.45) is 3.42. The van der Waals surface area contributed by atoms with Crippen LogP contribution in [0.5, 0.6) is 0 Å². The Bertz CT molecular complexity index is 1150. The van der Waals surface area contributed by atoms with E-state index in [4.69, 9.17) is 4.84 Å². The molecule has 1 aliphatic rings. The standard InChI is InChI=1S/C20H23NO.C11H13FOS/c1-3-17-9-12-19(13-15(17)2)20(18-10-11-18)21-22-14-16-7-5-4-6-8-16;1-8(13)7-14-9(2)10-3-5-11(12)6-4-10/h4-9,12-13,21H,3,10-11,14H2,1-2H3;3-6,9H,7H2,1-2H3. The van der Waals surface area contributed by atoms with Gasteiger partial charge in [0.15, 0.2) is 0 Å². The lowest BCUT2D eigenvalue weighted by Gasteiger charge is -2.13. The number of Topliss-reactive ketones (excluding diaryl/α,β-unsaturated/α-hetero) is 1. The van der Waals surface area contributed by atoms with Crippen molar-refractivity contribution in [3.05, 3.63) is 112 Å². The number of rotatable bonds is 10. The van der Waals surface area contributed by atoms with Gasteiger partial charge in [0, 0.05) is 10.8 Å². The number of nitrogens with one attached hydrogen (secondary N) is 1. The summed E-state index contributed by atoms with van der Waals surface area (Å²) in [5.74, 6) is 0.458. The quantitative estimate of drug-likeness (QED) is 0.283. The maximum Gasteiger partial charge on any atom is 0.139 e. The molecule has 1 aliphatic carbocycles. The van der Waals surface area contributed by atoms with Gasteiger partial charge in [0.1, 0.15) is 11.6 Å². The second-order valence-corrected chi connectivity index (χ2v) is 10.4. The fraction of sp³-hybridized carbons (Fsp3) is 0.323. The predicted molar refractivity (Wildman–Crippen MR) is 149 cm³/mol. The molecule has 0 radical (unpaired) electrons. The van der Waals surface area contributed by atoms with Crippen molar-refractivity contribution >= 4 is 23.2 Å². The Morgan fingerprint density at radius 2 is 1.75 bits per heavy atom. The number of hydroxylamine groups is 1. The minimum atomic E-state index is -0.225. The Morgan fingerprint density at radius 3 is 2.33 bits per heavy atom. The first-order valence-electron chi connectivity index (χ1n) is 12.5. The highest BCUT2D eigenvalue weighted by molar-refractivity contribution is 8.00. The van der Waals surface area contributed by atoms with Gasteiger partial charge in [0.25, 0.3) is 0 Å². The zero-order valence-corrected chi connectivity index (χ0v) is 22.5. The molecule has 0 spiro atoms. The van der Waals surface area contributed by atoms with Crippen LogP contribution in [0.25, 0.3) is 5.70 Å². The molecular weight excluding hydrogens is 469 g/mol. The fourth-order valence-corrected chi connectivity index (χ4v) is 4.57. The van der Waals surface area contributed by atoms with Crippen molar-refractivity contribution in [2.75, 3.05) is 5.75 Å². The van der Waals surface area contributed by atoms with Crippen molar-refractivity contribution < 1.29 is 14.0 Å². The monoisotopic (exact) mass is 505 g/mol. The minimum Gasteiger partial charge on any atom is -0.299 e. The van der Waals surface area contributed by atoms with Crippen LogP contribution in [-0.2, 0) is 22.7 Å². The summed E-state index contributed by atoms with van der Waals surface area (Å²) in [7, 11) is 0. The van der Waals surface area contributed by atoms with E-state index < -0.39 is 0 Å². The number of ketones is 1. The van der Waals surface area contributed by atoms with Crippen molar-refractivity contribution in [1.82, 2.24) is 5.48 Å². The van der Waals surface area contributed by atoms with Crippen molar-refractivity contribution in [3.63, 3.8) is 0 Å². The summed E-state index contributed by atoms with van der Waals surface area (Å²) in [5, 5.41) is 0.236. The molecule has 3 aromatic rings. The van der Waals surface area contributed by atoms with Crippen LogP contribution in [0.2, 0.25) is 0 Å². The Kier molecular flexibility index (Phi) is 10.8. The number of carbonyl (C=O) groups is 1. The van der Waals surface area contributed by atoms with Gasteiger partial charge in [-0.2, -0.15) is 0 Å². The molecule has 190 valence electrons. The summed E-state index contributed by atoms with van der Waals surface area (Å²) in [5.41, 5.74) is 12.0. The van der Waals surface area contributed by atoms with Crippen LogP contribution >= 0.6 is 11.8 Å². The SMILES string of the molecule is CC(=O)CSC(C)c1ccc(F)cc1.CCc1ccc(C(NOCc2ccccc2)=C2CC2)cc1C. The van der Waals surface area contributed by atoms with Gasteiger partial charge in [-0.05, 0) is 86.1 Å². The zero-order chi connectivity index (χ0) is 25.9. The highest BCUT2D eigenvalue weighted by atomic mass is 32.2. The first kappa shape index (κ1) is 27.7. The maximum absolute atomic E-state index is 12.6. The second kappa shape index (κ2) is 14.0. The van der Waals surface area contributed by atoms with Crippen LogP contribution < -0.4 is 5.48 Å². The number of carbonyl (C=O) groups excluding carboxylic acids is 1. The van der Waals surface area contributed by atoms with E-state index in [1.165, 1.54) is 52.8 Å². The minimum absolute atomic E-state index is 0.170. The first-order chi connectivity index (χ1) is 17.4. The average molecular weight is 506 g/mol. The summed E-state index contributed by atoms with van der Waals surface area (Å²) >= 11 is 1.57. The van der Waals surface area contributed by atoms with Gasteiger partial charge in [-0.25, -0.2) is 4.39 Å². The Labute approximate surface area is 219 Å². The van der Waals surface area contributed by atoms with Crippen LogP contribution in [0.4, 0.5) is 4.39 Å². The first-order valence-corrected chi connectivity index (χ1v) is 13.5. The molecule has 5 heteroatoms. The number of benzene rings is 3. The molecule has 36 heavy (non-hydrogen) atoms. The molecule has 1 unspecified atom stereocenters. The molecule has 1 atom stereocenters. The van der Waals surface area contributed by atoms with Gasteiger partial charge in [-0.1, -0.05) is 61.5 Å². The molecule has 0 bridgehead atoms. The number of hydrogen-bond donors (Lipinski definition) is 1. The molecule has 1 saturated carbocycles. The summed E-state index contributed by atoms with van der Waals surface area (Å²) < 4.78 is 12.6. The smallest absolute Gasteiger partial charge is 0.139 e. The van der Waals surface area contributed by atoms with Gasteiger partial charge in [-0.3, -0.25) is 15.1 Å². The molecular formula is C31H36FNO2S. The van der Waals surface area contributed by atoms with Crippen molar-refractivity contribution in [1.29, 1.82) is 0 Å². The molecule has 3 nitrogen and oxygen atoms in total. The highest BCUT2D eigenvalue weighted by Gasteiger charge is 2.19. The van der Waals surface area contributed by atoms with E-state index >= 15 is 0 Å². The largest absolute Gasteiger partial charge is 0.299 e. The van der Waals surface area contributed by atoms with Gasteiger partial charge < -0.3 is 0 Å². The summed E-state index contributed by atoms with van der Waals surface area (Å²) in [6, 6.07) is 23.3.